The quantitative estimate of drug-likeness (QED) is 0.565. The first-order valence-electron chi connectivity index (χ1n) is 3.72. The third-order valence-corrected chi connectivity index (χ3v) is 1.38. The molecule has 0 saturated carbocycles. The van der Waals surface area contributed by atoms with Crippen molar-refractivity contribution >= 4 is 12.0 Å². The molecule has 0 aromatic heterocycles. The van der Waals surface area contributed by atoms with Crippen LogP contribution in [-0.2, 0) is 9.53 Å². The fourth-order valence-corrected chi connectivity index (χ4v) is 0.820. The largest absolute Gasteiger partial charge is 0.426 e. The number of aliphatic hydroxyl groups excluding tert-OH is 1. The Kier molecular flexibility index (Phi) is 3.73. The van der Waals surface area contributed by atoms with E-state index in [2.05, 4.69) is 4.74 Å². The van der Waals surface area contributed by atoms with Gasteiger partial charge in [0.05, 0.1) is 0 Å². The van der Waals surface area contributed by atoms with Crippen LogP contribution in [0.1, 0.15) is 5.56 Å². The SMILES string of the molecule is O=C(/C=C/c1ccccc1)O[CH]O. The van der Waals surface area contributed by atoms with Crippen LogP contribution >= 0.6 is 0 Å². The second-order valence-corrected chi connectivity index (χ2v) is 2.29. The van der Waals surface area contributed by atoms with Gasteiger partial charge < -0.3 is 9.84 Å². The van der Waals surface area contributed by atoms with E-state index in [1.54, 1.807) is 6.08 Å². The summed E-state index contributed by atoms with van der Waals surface area (Å²) in [7, 11) is 0. The highest BCUT2D eigenvalue weighted by molar-refractivity contribution is 5.87. The predicted molar refractivity (Wildman–Crippen MR) is 47.8 cm³/mol. The van der Waals surface area contributed by atoms with E-state index >= 15 is 0 Å². The molecule has 0 atom stereocenters. The van der Waals surface area contributed by atoms with E-state index < -0.39 is 5.97 Å². The number of carbonyl (C=O) groups excluding carboxylic acids is 1. The molecule has 0 heterocycles. The summed E-state index contributed by atoms with van der Waals surface area (Å²) in [4.78, 5) is 10.7. The molecular formula is C10H9O3. The van der Waals surface area contributed by atoms with Gasteiger partial charge in [0.15, 0.2) is 0 Å². The maximum Gasteiger partial charge on any atom is 0.333 e. The smallest absolute Gasteiger partial charge is 0.333 e. The van der Waals surface area contributed by atoms with Crippen LogP contribution < -0.4 is 0 Å². The van der Waals surface area contributed by atoms with E-state index in [-0.39, 0.29) is 0 Å². The van der Waals surface area contributed by atoms with E-state index in [4.69, 9.17) is 5.11 Å². The molecule has 1 aromatic carbocycles. The fourth-order valence-electron chi connectivity index (χ4n) is 0.820. The molecule has 0 unspecified atom stereocenters. The number of carbonyl (C=O) groups is 1. The summed E-state index contributed by atoms with van der Waals surface area (Å²) < 4.78 is 4.17. The molecule has 0 aliphatic carbocycles. The van der Waals surface area contributed by atoms with Gasteiger partial charge in [-0.25, -0.2) is 4.79 Å². The van der Waals surface area contributed by atoms with Crippen molar-refractivity contribution < 1.29 is 14.6 Å². The van der Waals surface area contributed by atoms with Gasteiger partial charge >= 0.3 is 5.97 Å². The highest BCUT2D eigenvalue weighted by Gasteiger charge is 1.93. The molecule has 3 nitrogen and oxygen atoms in total. The Morgan fingerprint density at radius 1 is 1.31 bits per heavy atom. The number of aliphatic hydroxyl groups is 1. The van der Waals surface area contributed by atoms with Gasteiger partial charge in [-0.05, 0) is 11.6 Å². The number of hydrogen-bond acceptors (Lipinski definition) is 3. The second kappa shape index (κ2) is 5.11. The second-order valence-electron chi connectivity index (χ2n) is 2.29. The zero-order chi connectivity index (χ0) is 9.52. The minimum atomic E-state index is -0.605. The summed E-state index contributed by atoms with van der Waals surface area (Å²) in [6.07, 6.45) is 2.84. The van der Waals surface area contributed by atoms with Crippen LogP contribution in [0.5, 0.6) is 0 Å². The topological polar surface area (TPSA) is 46.5 Å². The summed E-state index contributed by atoms with van der Waals surface area (Å²) in [5.74, 6) is -0.605. The summed E-state index contributed by atoms with van der Waals surface area (Å²) >= 11 is 0. The van der Waals surface area contributed by atoms with E-state index in [1.807, 2.05) is 30.3 Å². The van der Waals surface area contributed by atoms with Gasteiger partial charge in [-0.1, -0.05) is 30.3 Å². The first-order chi connectivity index (χ1) is 6.33. The molecule has 1 aromatic rings. The summed E-state index contributed by atoms with van der Waals surface area (Å²) in [6, 6.07) is 9.32. The minimum absolute atomic E-state index is 0.359. The number of benzene rings is 1. The van der Waals surface area contributed by atoms with Gasteiger partial charge in [0.1, 0.15) is 0 Å². The molecule has 0 aliphatic heterocycles. The summed E-state index contributed by atoms with van der Waals surface area (Å²) in [6.45, 7) is 0.359. The van der Waals surface area contributed by atoms with Crippen molar-refractivity contribution in [1.82, 2.24) is 0 Å². The Labute approximate surface area is 76.3 Å². The van der Waals surface area contributed by atoms with Crippen LogP contribution in [0.25, 0.3) is 6.08 Å². The van der Waals surface area contributed by atoms with Crippen molar-refractivity contribution in [3.8, 4) is 0 Å². The average molecular weight is 177 g/mol. The molecule has 3 heteroatoms. The van der Waals surface area contributed by atoms with Gasteiger partial charge in [-0.2, -0.15) is 0 Å². The van der Waals surface area contributed by atoms with E-state index in [0.29, 0.717) is 6.79 Å². The van der Waals surface area contributed by atoms with Gasteiger partial charge in [0.25, 0.3) is 6.79 Å². The first kappa shape index (κ1) is 9.48. The van der Waals surface area contributed by atoms with E-state index in [0.717, 1.165) is 5.56 Å². The molecule has 67 valence electrons. The minimum Gasteiger partial charge on any atom is -0.426 e. The Bertz CT molecular complexity index is 290. The maximum atomic E-state index is 10.7. The van der Waals surface area contributed by atoms with E-state index in [9.17, 15) is 4.79 Å². The van der Waals surface area contributed by atoms with Crippen LogP contribution in [0, 0.1) is 6.79 Å². The fraction of sp³-hybridized carbons (Fsp3) is 0. The lowest BCUT2D eigenvalue weighted by molar-refractivity contribution is -0.138. The zero-order valence-electron chi connectivity index (χ0n) is 6.88. The van der Waals surface area contributed by atoms with Crippen molar-refractivity contribution in [3.63, 3.8) is 0 Å². The highest BCUT2D eigenvalue weighted by Crippen LogP contribution is 2.00. The monoisotopic (exact) mass is 177 g/mol. The first-order valence-corrected chi connectivity index (χ1v) is 3.72. The number of esters is 1. The average Bonchev–Trinajstić information content (AvgIpc) is 2.17. The normalized spacial score (nSPS) is 10.2. The van der Waals surface area contributed by atoms with Crippen molar-refractivity contribution in [2.45, 2.75) is 0 Å². The lowest BCUT2D eigenvalue weighted by Crippen LogP contribution is -1.96. The lowest BCUT2D eigenvalue weighted by atomic mass is 10.2. The Hall–Kier alpha value is -1.61. The summed E-state index contributed by atoms with van der Waals surface area (Å²) in [5.41, 5.74) is 0.900. The molecule has 0 saturated heterocycles. The molecule has 1 rings (SSSR count). The third-order valence-electron chi connectivity index (χ3n) is 1.38. The van der Waals surface area contributed by atoms with Gasteiger partial charge in [-0.15, -0.1) is 0 Å². The van der Waals surface area contributed by atoms with E-state index in [1.165, 1.54) is 6.08 Å². The molecule has 1 radical (unpaired) electrons. The number of rotatable bonds is 3. The van der Waals surface area contributed by atoms with Crippen LogP contribution in [0.2, 0.25) is 0 Å². The molecule has 0 fully saturated rings. The molecular weight excluding hydrogens is 168 g/mol. The third kappa shape index (κ3) is 3.53. The number of ether oxygens (including phenoxy) is 1. The molecule has 0 spiro atoms. The molecule has 0 aliphatic rings. The van der Waals surface area contributed by atoms with Crippen LogP contribution in [0.15, 0.2) is 36.4 Å². The molecule has 0 amide bonds. The standard InChI is InChI=1S/C10H9O3/c11-8-13-10(12)7-6-9-4-2-1-3-5-9/h1-8,11H/b7-6+. The highest BCUT2D eigenvalue weighted by atomic mass is 16.6. The van der Waals surface area contributed by atoms with Crippen LogP contribution in [0.3, 0.4) is 0 Å². The Morgan fingerprint density at radius 3 is 2.62 bits per heavy atom. The molecule has 0 bridgehead atoms. The maximum absolute atomic E-state index is 10.7. The Morgan fingerprint density at radius 2 is 2.00 bits per heavy atom. The lowest BCUT2D eigenvalue weighted by Gasteiger charge is -1.92. The Balaban J connectivity index is 2.54. The van der Waals surface area contributed by atoms with Gasteiger partial charge in [0, 0.05) is 6.08 Å². The zero-order valence-corrected chi connectivity index (χ0v) is 6.88. The van der Waals surface area contributed by atoms with Crippen LogP contribution in [-0.4, -0.2) is 11.1 Å². The van der Waals surface area contributed by atoms with Crippen molar-refractivity contribution in [1.29, 1.82) is 0 Å². The van der Waals surface area contributed by atoms with Gasteiger partial charge in [-0.3, -0.25) is 0 Å². The van der Waals surface area contributed by atoms with Crippen molar-refractivity contribution in [2.75, 3.05) is 0 Å². The molecule has 13 heavy (non-hydrogen) atoms. The van der Waals surface area contributed by atoms with Gasteiger partial charge in [0.2, 0.25) is 0 Å². The molecule has 1 N–H and O–H groups in total. The van der Waals surface area contributed by atoms with Crippen LogP contribution in [0.4, 0.5) is 0 Å². The van der Waals surface area contributed by atoms with Crippen molar-refractivity contribution in [2.24, 2.45) is 0 Å². The number of hydrogen-bond donors (Lipinski definition) is 1. The van der Waals surface area contributed by atoms with Crippen molar-refractivity contribution in [3.05, 3.63) is 48.8 Å². The summed E-state index contributed by atoms with van der Waals surface area (Å²) in [5, 5.41) is 8.13. The predicted octanol–water partition coefficient (Wildman–Crippen LogP) is 1.73.